The van der Waals surface area contributed by atoms with Gasteiger partial charge in [-0.15, -0.1) is 11.3 Å². The summed E-state index contributed by atoms with van der Waals surface area (Å²) in [7, 11) is 1.95. The van der Waals surface area contributed by atoms with Crippen molar-refractivity contribution in [1.29, 1.82) is 0 Å². The maximum Gasteiger partial charge on any atom is 0.127 e. The molecule has 0 saturated heterocycles. The van der Waals surface area contributed by atoms with Crippen molar-refractivity contribution in [1.82, 2.24) is 20.1 Å². The first-order valence-electron chi connectivity index (χ1n) is 7.47. The van der Waals surface area contributed by atoms with Gasteiger partial charge in [0.1, 0.15) is 5.01 Å². The fraction of sp³-hybridized carbons (Fsp3) is 0.600. The minimum Gasteiger partial charge on any atom is -0.316 e. The predicted octanol–water partition coefficient (Wildman–Crippen LogP) is 2.96. The van der Waals surface area contributed by atoms with E-state index in [-0.39, 0.29) is 0 Å². The highest BCUT2D eigenvalue weighted by atomic mass is 32.1. The van der Waals surface area contributed by atoms with Gasteiger partial charge in [0.25, 0.3) is 0 Å². The summed E-state index contributed by atoms with van der Waals surface area (Å²) >= 11 is 1.85. The summed E-state index contributed by atoms with van der Waals surface area (Å²) in [4.78, 5) is 6.40. The van der Waals surface area contributed by atoms with Gasteiger partial charge in [0.05, 0.1) is 11.9 Å². The molecule has 1 aliphatic rings. The van der Waals surface area contributed by atoms with E-state index in [1.54, 1.807) is 0 Å². The van der Waals surface area contributed by atoms with Crippen LogP contribution < -0.4 is 5.32 Å². The average Bonchev–Trinajstić information content (AvgIpc) is 3.05. The van der Waals surface area contributed by atoms with Crippen molar-refractivity contribution in [2.24, 2.45) is 7.05 Å². The van der Waals surface area contributed by atoms with E-state index in [2.05, 4.69) is 23.5 Å². The van der Waals surface area contributed by atoms with E-state index in [1.165, 1.54) is 36.3 Å². The fourth-order valence-electron chi connectivity index (χ4n) is 2.81. The van der Waals surface area contributed by atoms with E-state index in [9.17, 15) is 0 Å². The maximum absolute atomic E-state index is 4.92. The zero-order valence-corrected chi connectivity index (χ0v) is 13.0. The molecule has 1 N–H and O–H groups in total. The number of hydrogen-bond donors (Lipinski definition) is 1. The van der Waals surface area contributed by atoms with Gasteiger partial charge in [0.15, 0.2) is 0 Å². The minimum atomic E-state index is 0.590. The third kappa shape index (κ3) is 2.79. The normalized spacial score (nSPS) is 18.2. The van der Waals surface area contributed by atoms with Crippen LogP contribution in [-0.2, 0) is 13.5 Å². The van der Waals surface area contributed by atoms with Crippen LogP contribution in [0.25, 0.3) is 10.6 Å². The van der Waals surface area contributed by atoms with Gasteiger partial charge in [-0.25, -0.2) is 4.98 Å². The van der Waals surface area contributed by atoms with Crippen LogP contribution >= 0.6 is 11.3 Å². The van der Waals surface area contributed by atoms with Crippen molar-refractivity contribution in [2.45, 2.75) is 38.5 Å². The molecule has 0 fully saturated rings. The van der Waals surface area contributed by atoms with Crippen LogP contribution in [0.3, 0.4) is 0 Å². The molecule has 0 aliphatic heterocycles. The molecule has 5 heteroatoms. The molecular formula is C15H22N4S. The molecule has 0 aromatic carbocycles. The van der Waals surface area contributed by atoms with Crippen LogP contribution in [-0.4, -0.2) is 27.9 Å². The van der Waals surface area contributed by atoms with Gasteiger partial charge >= 0.3 is 0 Å². The molecule has 0 spiro atoms. The molecule has 0 radical (unpaired) electrons. The van der Waals surface area contributed by atoms with Gasteiger partial charge in [-0.05, 0) is 32.2 Å². The summed E-state index contributed by atoms with van der Waals surface area (Å²) < 4.78 is 1.84. The first-order valence-corrected chi connectivity index (χ1v) is 8.29. The van der Waals surface area contributed by atoms with Crippen molar-refractivity contribution in [3.05, 3.63) is 23.0 Å². The molecule has 2 aromatic heterocycles. The highest BCUT2D eigenvalue weighted by molar-refractivity contribution is 7.15. The van der Waals surface area contributed by atoms with Gasteiger partial charge < -0.3 is 5.32 Å². The number of hydrogen-bond acceptors (Lipinski definition) is 4. The Hall–Kier alpha value is -1.20. The zero-order chi connectivity index (χ0) is 13.9. The first-order chi connectivity index (χ1) is 9.78. The Bertz CT molecular complexity index is 572. The Morgan fingerprint density at radius 2 is 2.40 bits per heavy atom. The van der Waals surface area contributed by atoms with Gasteiger partial charge in [-0.3, -0.25) is 4.68 Å². The summed E-state index contributed by atoms with van der Waals surface area (Å²) in [5.74, 6) is 0.590. The van der Waals surface area contributed by atoms with Crippen LogP contribution in [0, 0.1) is 0 Å². The number of aromatic nitrogens is 3. The Kier molecular flexibility index (Phi) is 4.17. The molecule has 0 saturated carbocycles. The van der Waals surface area contributed by atoms with Crippen LogP contribution in [0.5, 0.6) is 0 Å². The summed E-state index contributed by atoms with van der Waals surface area (Å²) in [6.45, 7) is 4.38. The third-order valence-electron chi connectivity index (χ3n) is 3.84. The van der Waals surface area contributed by atoms with Crippen LogP contribution in [0.2, 0.25) is 0 Å². The van der Waals surface area contributed by atoms with Crippen molar-refractivity contribution in [3.63, 3.8) is 0 Å². The largest absolute Gasteiger partial charge is 0.316 e. The van der Waals surface area contributed by atoms with Crippen molar-refractivity contribution in [3.8, 4) is 10.6 Å². The lowest BCUT2D eigenvalue weighted by Crippen LogP contribution is -2.24. The maximum atomic E-state index is 4.92. The minimum absolute atomic E-state index is 0.590. The van der Waals surface area contributed by atoms with Gasteiger partial charge in [0, 0.05) is 36.1 Å². The van der Waals surface area contributed by atoms with Crippen molar-refractivity contribution in [2.75, 3.05) is 13.1 Å². The molecule has 1 aliphatic carbocycles. The smallest absolute Gasteiger partial charge is 0.127 e. The van der Waals surface area contributed by atoms with E-state index in [1.807, 2.05) is 29.3 Å². The molecule has 1 atom stereocenters. The van der Waals surface area contributed by atoms with E-state index in [0.717, 1.165) is 23.7 Å². The van der Waals surface area contributed by atoms with E-state index >= 15 is 0 Å². The number of fused-ring (bicyclic) bond motifs is 1. The van der Waals surface area contributed by atoms with E-state index in [0.29, 0.717) is 5.92 Å². The first kappa shape index (κ1) is 13.8. The van der Waals surface area contributed by atoms with Crippen LogP contribution in [0.4, 0.5) is 0 Å². The molecule has 1 unspecified atom stereocenters. The number of nitrogens with one attached hydrogen (secondary N) is 1. The average molecular weight is 290 g/mol. The van der Waals surface area contributed by atoms with Gasteiger partial charge in [-0.2, -0.15) is 5.10 Å². The molecule has 20 heavy (non-hydrogen) atoms. The number of nitrogens with zero attached hydrogens (tertiary/aromatic N) is 3. The quantitative estimate of drug-likeness (QED) is 0.861. The third-order valence-corrected chi connectivity index (χ3v) is 5.02. The standard InChI is InChI=1S/C15H22N4S/c1-3-7-16-8-11-5-4-6-13-14(11)18-15(20-13)12-9-17-19(2)10-12/h9-11,16H,3-8H2,1-2H3. The lowest BCUT2D eigenvalue weighted by Gasteiger charge is -2.21. The van der Waals surface area contributed by atoms with E-state index < -0.39 is 0 Å². The van der Waals surface area contributed by atoms with Gasteiger partial charge in [-0.1, -0.05) is 6.92 Å². The molecular weight excluding hydrogens is 268 g/mol. The Morgan fingerprint density at radius 3 is 3.15 bits per heavy atom. The van der Waals surface area contributed by atoms with E-state index in [4.69, 9.17) is 4.98 Å². The lowest BCUT2D eigenvalue weighted by atomic mass is 9.91. The molecule has 108 valence electrons. The Morgan fingerprint density at radius 1 is 1.50 bits per heavy atom. The lowest BCUT2D eigenvalue weighted by molar-refractivity contribution is 0.502. The highest BCUT2D eigenvalue weighted by Crippen LogP contribution is 2.37. The number of thiazole rings is 1. The summed E-state index contributed by atoms with van der Waals surface area (Å²) in [6.07, 6.45) is 8.90. The molecule has 4 nitrogen and oxygen atoms in total. The molecule has 2 aromatic rings. The number of aryl methyl sites for hydroxylation is 2. The zero-order valence-electron chi connectivity index (χ0n) is 12.2. The van der Waals surface area contributed by atoms with Crippen molar-refractivity contribution >= 4 is 11.3 Å². The second kappa shape index (κ2) is 6.06. The van der Waals surface area contributed by atoms with Crippen molar-refractivity contribution < 1.29 is 0 Å². The summed E-state index contributed by atoms with van der Waals surface area (Å²) in [6, 6.07) is 0. The summed E-state index contributed by atoms with van der Waals surface area (Å²) in [5, 5.41) is 8.93. The van der Waals surface area contributed by atoms with Crippen LogP contribution in [0.1, 0.15) is 42.7 Å². The fourth-order valence-corrected chi connectivity index (χ4v) is 3.98. The number of rotatable bonds is 5. The Labute approximate surface area is 124 Å². The SMILES string of the molecule is CCCNCC1CCCc2sc(-c3cnn(C)c3)nc21. The molecule has 2 heterocycles. The molecule has 0 amide bonds. The second-order valence-electron chi connectivity index (χ2n) is 5.52. The monoisotopic (exact) mass is 290 g/mol. The highest BCUT2D eigenvalue weighted by Gasteiger charge is 2.25. The Balaban J connectivity index is 1.81. The molecule has 3 rings (SSSR count). The second-order valence-corrected chi connectivity index (χ2v) is 6.61. The summed E-state index contributed by atoms with van der Waals surface area (Å²) in [5.41, 5.74) is 2.48. The molecule has 0 bridgehead atoms. The van der Waals surface area contributed by atoms with Crippen LogP contribution in [0.15, 0.2) is 12.4 Å². The topological polar surface area (TPSA) is 42.7 Å². The van der Waals surface area contributed by atoms with Gasteiger partial charge in [0.2, 0.25) is 0 Å². The predicted molar refractivity (Wildman–Crippen MR) is 83.2 cm³/mol.